The standard InChI is InChI=1S/C19H30N2/c1-5-15-8-6-7-9-17(15)21-13-19(4,16-10-11-16)20-12-18(21)14(2)3/h6-9,14,16,18,20H,5,10-13H2,1-4H3. The number of hydrogen-bond donors (Lipinski definition) is 1. The Balaban J connectivity index is 1.93. The highest BCUT2D eigenvalue weighted by molar-refractivity contribution is 5.55. The van der Waals surface area contributed by atoms with E-state index in [-0.39, 0.29) is 0 Å². The average molecular weight is 286 g/mol. The fourth-order valence-corrected chi connectivity index (χ4v) is 3.92. The fraction of sp³-hybridized carbons (Fsp3) is 0.684. The van der Waals surface area contributed by atoms with Crippen LogP contribution >= 0.6 is 0 Å². The van der Waals surface area contributed by atoms with Crippen molar-refractivity contribution >= 4 is 5.69 Å². The molecule has 1 saturated heterocycles. The molecule has 2 aliphatic rings. The van der Waals surface area contributed by atoms with Gasteiger partial charge in [-0.05, 0) is 49.7 Å². The predicted octanol–water partition coefficient (Wildman–Crippen LogP) is 3.85. The number of nitrogens with zero attached hydrogens (tertiary/aromatic N) is 1. The van der Waals surface area contributed by atoms with E-state index in [2.05, 4.69) is 62.2 Å². The van der Waals surface area contributed by atoms with Crippen molar-refractivity contribution in [2.45, 2.75) is 58.5 Å². The van der Waals surface area contributed by atoms with E-state index in [1.54, 1.807) is 0 Å². The number of anilines is 1. The third kappa shape index (κ3) is 2.83. The molecule has 2 heteroatoms. The van der Waals surface area contributed by atoms with Crippen LogP contribution in [-0.4, -0.2) is 24.7 Å². The molecule has 2 nitrogen and oxygen atoms in total. The zero-order chi connectivity index (χ0) is 15.0. The van der Waals surface area contributed by atoms with Gasteiger partial charge in [0.25, 0.3) is 0 Å². The lowest BCUT2D eigenvalue weighted by Crippen LogP contribution is -2.65. The quantitative estimate of drug-likeness (QED) is 0.904. The van der Waals surface area contributed by atoms with Crippen LogP contribution in [0.1, 0.15) is 46.1 Å². The number of hydrogen-bond acceptors (Lipinski definition) is 2. The molecule has 1 aromatic rings. The summed E-state index contributed by atoms with van der Waals surface area (Å²) in [5.41, 5.74) is 3.25. The van der Waals surface area contributed by atoms with Gasteiger partial charge in [-0.2, -0.15) is 0 Å². The molecule has 0 bridgehead atoms. The molecule has 1 aliphatic heterocycles. The first-order valence-corrected chi connectivity index (χ1v) is 8.64. The van der Waals surface area contributed by atoms with E-state index in [0.717, 1.165) is 25.4 Å². The summed E-state index contributed by atoms with van der Waals surface area (Å²) in [6.45, 7) is 11.7. The Labute approximate surface area is 129 Å². The minimum Gasteiger partial charge on any atom is -0.365 e. The predicted molar refractivity (Wildman–Crippen MR) is 90.9 cm³/mol. The maximum absolute atomic E-state index is 3.88. The van der Waals surface area contributed by atoms with Crippen molar-refractivity contribution in [3.8, 4) is 0 Å². The van der Waals surface area contributed by atoms with Gasteiger partial charge in [0.05, 0.1) is 0 Å². The molecule has 2 fully saturated rings. The van der Waals surface area contributed by atoms with E-state index in [9.17, 15) is 0 Å². The molecule has 0 spiro atoms. The van der Waals surface area contributed by atoms with Crippen molar-refractivity contribution in [3.05, 3.63) is 29.8 Å². The summed E-state index contributed by atoms with van der Waals surface area (Å²) >= 11 is 0. The van der Waals surface area contributed by atoms with E-state index >= 15 is 0 Å². The lowest BCUT2D eigenvalue weighted by molar-refractivity contribution is 0.233. The minimum absolute atomic E-state index is 0.298. The van der Waals surface area contributed by atoms with Gasteiger partial charge in [0.2, 0.25) is 0 Å². The second-order valence-corrected chi connectivity index (χ2v) is 7.49. The second kappa shape index (κ2) is 5.64. The van der Waals surface area contributed by atoms with Crippen LogP contribution in [0.2, 0.25) is 0 Å². The highest BCUT2D eigenvalue weighted by atomic mass is 15.3. The Morgan fingerprint density at radius 1 is 1.29 bits per heavy atom. The van der Waals surface area contributed by atoms with Gasteiger partial charge in [0.1, 0.15) is 0 Å². The van der Waals surface area contributed by atoms with Crippen molar-refractivity contribution in [2.24, 2.45) is 11.8 Å². The van der Waals surface area contributed by atoms with Crippen LogP contribution in [0.3, 0.4) is 0 Å². The molecule has 0 aromatic heterocycles. The number of para-hydroxylation sites is 1. The number of nitrogens with one attached hydrogen (secondary N) is 1. The Hall–Kier alpha value is -1.02. The number of aryl methyl sites for hydroxylation is 1. The highest BCUT2D eigenvalue weighted by Gasteiger charge is 2.46. The van der Waals surface area contributed by atoms with E-state index in [0.29, 0.717) is 17.5 Å². The van der Waals surface area contributed by atoms with Crippen LogP contribution in [0.25, 0.3) is 0 Å². The van der Waals surface area contributed by atoms with Crippen LogP contribution < -0.4 is 10.2 Å². The Bertz CT molecular complexity index is 492. The molecule has 0 amide bonds. The molecule has 1 aromatic carbocycles. The monoisotopic (exact) mass is 286 g/mol. The normalized spacial score (nSPS) is 30.0. The lowest BCUT2D eigenvalue weighted by Gasteiger charge is -2.49. The van der Waals surface area contributed by atoms with Gasteiger partial charge in [-0.15, -0.1) is 0 Å². The fourth-order valence-electron chi connectivity index (χ4n) is 3.92. The van der Waals surface area contributed by atoms with E-state index in [1.807, 2.05) is 0 Å². The summed E-state index contributed by atoms with van der Waals surface area (Å²) in [7, 11) is 0. The zero-order valence-corrected chi connectivity index (χ0v) is 14.0. The molecular formula is C19H30N2. The van der Waals surface area contributed by atoms with Crippen molar-refractivity contribution in [3.63, 3.8) is 0 Å². The molecule has 1 heterocycles. The van der Waals surface area contributed by atoms with E-state index < -0.39 is 0 Å². The molecule has 2 atom stereocenters. The topological polar surface area (TPSA) is 15.3 Å². The average Bonchev–Trinajstić information content (AvgIpc) is 3.32. The van der Waals surface area contributed by atoms with Gasteiger partial charge in [-0.1, -0.05) is 39.0 Å². The van der Waals surface area contributed by atoms with Crippen molar-refractivity contribution in [2.75, 3.05) is 18.0 Å². The van der Waals surface area contributed by atoms with Crippen LogP contribution in [0, 0.1) is 11.8 Å². The summed E-state index contributed by atoms with van der Waals surface area (Å²) in [5, 5.41) is 3.88. The van der Waals surface area contributed by atoms with Crippen molar-refractivity contribution in [1.82, 2.24) is 5.32 Å². The smallest absolute Gasteiger partial charge is 0.0438 e. The summed E-state index contributed by atoms with van der Waals surface area (Å²) in [6.07, 6.45) is 3.92. The summed E-state index contributed by atoms with van der Waals surface area (Å²) in [5.74, 6) is 1.55. The Morgan fingerprint density at radius 3 is 2.62 bits per heavy atom. The largest absolute Gasteiger partial charge is 0.365 e. The first-order valence-electron chi connectivity index (χ1n) is 8.64. The van der Waals surface area contributed by atoms with E-state index in [4.69, 9.17) is 0 Å². The minimum atomic E-state index is 0.298. The van der Waals surface area contributed by atoms with Gasteiger partial charge in [-0.3, -0.25) is 0 Å². The molecular weight excluding hydrogens is 256 g/mol. The summed E-state index contributed by atoms with van der Waals surface area (Å²) < 4.78 is 0. The molecule has 0 radical (unpaired) electrons. The summed E-state index contributed by atoms with van der Waals surface area (Å²) in [4.78, 5) is 2.71. The lowest BCUT2D eigenvalue weighted by atomic mass is 9.87. The van der Waals surface area contributed by atoms with Crippen molar-refractivity contribution in [1.29, 1.82) is 0 Å². The first kappa shape index (κ1) is 14.9. The Morgan fingerprint density at radius 2 is 2.00 bits per heavy atom. The maximum atomic E-state index is 3.88. The van der Waals surface area contributed by atoms with Crippen molar-refractivity contribution < 1.29 is 0 Å². The van der Waals surface area contributed by atoms with Gasteiger partial charge >= 0.3 is 0 Å². The van der Waals surface area contributed by atoms with Crippen LogP contribution in [0.5, 0.6) is 0 Å². The number of benzene rings is 1. The van der Waals surface area contributed by atoms with Crippen LogP contribution in [0.4, 0.5) is 5.69 Å². The third-order valence-electron chi connectivity index (χ3n) is 5.54. The SMILES string of the molecule is CCc1ccccc1N1CC(C)(C2CC2)NCC1C(C)C. The summed E-state index contributed by atoms with van der Waals surface area (Å²) in [6, 6.07) is 9.59. The number of piperazine rings is 1. The van der Waals surface area contributed by atoms with Gasteiger partial charge in [0.15, 0.2) is 0 Å². The van der Waals surface area contributed by atoms with Gasteiger partial charge in [-0.25, -0.2) is 0 Å². The second-order valence-electron chi connectivity index (χ2n) is 7.49. The number of rotatable bonds is 4. The third-order valence-corrected chi connectivity index (χ3v) is 5.54. The van der Waals surface area contributed by atoms with Crippen LogP contribution in [-0.2, 0) is 6.42 Å². The molecule has 1 saturated carbocycles. The molecule has 3 rings (SSSR count). The highest BCUT2D eigenvalue weighted by Crippen LogP contribution is 2.43. The van der Waals surface area contributed by atoms with Crippen LogP contribution in [0.15, 0.2) is 24.3 Å². The maximum Gasteiger partial charge on any atom is 0.0438 e. The van der Waals surface area contributed by atoms with Gasteiger partial charge < -0.3 is 10.2 Å². The zero-order valence-electron chi connectivity index (χ0n) is 14.0. The molecule has 21 heavy (non-hydrogen) atoms. The molecule has 1 aliphatic carbocycles. The molecule has 116 valence electrons. The molecule has 1 N–H and O–H groups in total. The van der Waals surface area contributed by atoms with Gasteiger partial charge in [0, 0.05) is 30.4 Å². The first-order chi connectivity index (χ1) is 10.0. The Kier molecular flexibility index (Phi) is 4.00. The molecule has 2 unspecified atom stereocenters. The van der Waals surface area contributed by atoms with E-state index in [1.165, 1.54) is 24.1 Å².